The lowest BCUT2D eigenvalue weighted by molar-refractivity contribution is -0.166. The van der Waals surface area contributed by atoms with E-state index >= 15 is 0 Å². The molecule has 0 aromatic heterocycles. The van der Waals surface area contributed by atoms with Crippen molar-refractivity contribution in [3.63, 3.8) is 0 Å². The minimum absolute atomic E-state index is 0.0620. The molecular weight excluding hydrogens is 259 g/mol. The summed E-state index contributed by atoms with van der Waals surface area (Å²) in [5.74, 6) is -5.03. The highest BCUT2D eigenvalue weighted by molar-refractivity contribution is 5.85. The van der Waals surface area contributed by atoms with Crippen LogP contribution in [0, 0.1) is 5.82 Å². The topological polar surface area (TPSA) is 72.3 Å². The molecule has 1 aromatic carbocycles. The van der Waals surface area contributed by atoms with E-state index in [0.29, 0.717) is 0 Å². The molecule has 1 aliphatic rings. The normalized spacial score (nSPS) is 18.8. The van der Waals surface area contributed by atoms with Gasteiger partial charge in [0.25, 0.3) is 5.92 Å². The Hall–Kier alpha value is -1.92. The number of carbonyl (C=O) groups is 1. The highest BCUT2D eigenvalue weighted by atomic mass is 19.3. The van der Waals surface area contributed by atoms with Crippen molar-refractivity contribution in [2.24, 2.45) is 0 Å². The summed E-state index contributed by atoms with van der Waals surface area (Å²) in [5, 5.41) is 0. The van der Waals surface area contributed by atoms with Gasteiger partial charge in [0, 0.05) is 5.56 Å². The number of likely N-dealkylation sites (tertiary alicyclic amines) is 1. The van der Waals surface area contributed by atoms with Crippen LogP contribution in [0.2, 0.25) is 0 Å². The largest absolute Gasteiger partial charge is 0.397 e. The van der Waals surface area contributed by atoms with Crippen molar-refractivity contribution in [1.29, 1.82) is 0 Å². The van der Waals surface area contributed by atoms with E-state index in [-0.39, 0.29) is 16.9 Å². The number of nitrogens with two attached hydrogens (primary N) is 2. The van der Waals surface area contributed by atoms with Gasteiger partial charge in [-0.1, -0.05) is 6.07 Å². The number of alkyl halides is 2. The van der Waals surface area contributed by atoms with Gasteiger partial charge in [0.15, 0.2) is 5.82 Å². The maximum Gasteiger partial charge on any atom is 0.282 e. The van der Waals surface area contributed by atoms with Crippen molar-refractivity contribution in [3.05, 3.63) is 23.5 Å². The molecule has 0 bridgehead atoms. The molecule has 4 N–H and O–H groups in total. The van der Waals surface area contributed by atoms with Crippen molar-refractivity contribution in [3.8, 4) is 0 Å². The first-order chi connectivity index (χ1) is 8.73. The first kappa shape index (κ1) is 13.5. The fraction of sp³-hybridized carbons (Fsp3) is 0.417. The summed E-state index contributed by atoms with van der Waals surface area (Å²) >= 11 is 0. The zero-order chi connectivity index (χ0) is 14.4. The van der Waals surface area contributed by atoms with Gasteiger partial charge in [-0.05, 0) is 13.0 Å². The van der Waals surface area contributed by atoms with Crippen molar-refractivity contribution in [1.82, 2.24) is 4.90 Å². The molecule has 19 heavy (non-hydrogen) atoms. The Kier molecular flexibility index (Phi) is 3.07. The van der Waals surface area contributed by atoms with Crippen molar-refractivity contribution in [2.75, 3.05) is 24.6 Å². The number of amides is 1. The highest BCUT2D eigenvalue weighted by Gasteiger charge is 2.47. The summed E-state index contributed by atoms with van der Waals surface area (Å²) < 4.78 is 39.3. The number of carbonyl (C=O) groups excluding carboxylic acids is 1. The van der Waals surface area contributed by atoms with Gasteiger partial charge in [0.05, 0.1) is 30.4 Å². The Morgan fingerprint density at radius 3 is 2.47 bits per heavy atom. The predicted octanol–water partition coefficient (Wildman–Crippen LogP) is 1.57. The van der Waals surface area contributed by atoms with Crippen molar-refractivity contribution < 1.29 is 18.0 Å². The first-order valence-electron chi connectivity index (χ1n) is 5.73. The molecule has 1 atom stereocenters. The summed E-state index contributed by atoms with van der Waals surface area (Å²) in [6.07, 6.45) is 0. The number of nitrogens with zero attached hydrogens (tertiary/aromatic N) is 1. The minimum atomic E-state index is -2.84. The third-order valence-corrected chi connectivity index (χ3v) is 3.24. The second-order valence-electron chi connectivity index (χ2n) is 4.74. The molecule has 104 valence electrons. The molecule has 0 radical (unpaired) electrons. The van der Waals surface area contributed by atoms with Crippen LogP contribution in [0.25, 0.3) is 0 Å². The van der Waals surface area contributed by atoms with Crippen molar-refractivity contribution in [2.45, 2.75) is 18.8 Å². The monoisotopic (exact) mass is 273 g/mol. The molecular formula is C12H14F3N3O. The number of nitrogen functional groups attached to an aromatic ring is 2. The average molecular weight is 273 g/mol. The van der Waals surface area contributed by atoms with Crippen molar-refractivity contribution >= 4 is 17.3 Å². The molecule has 1 aliphatic heterocycles. The Morgan fingerprint density at radius 2 is 1.95 bits per heavy atom. The molecule has 2 rings (SSSR count). The zero-order valence-corrected chi connectivity index (χ0v) is 10.3. The molecule has 1 saturated heterocycles. The van der Waals surface area contributed by atoms with E-state index < -0.39 is 36.7 Å². The van der Waals surface area contributed by atoms with Crippen LogP contribution >= 0.6 is 0 Å². The molecule has 1 heterocycles. The van der Waals surface area contributed by atoms with Crippen LogP contribution < -0.4 is 11.5 Å². The van der Waals surface area contributed by atoms with Crippen LogP contribution in [0.5, 0.6) is 0 Å². The molecule has 4 nitrogen and oxygen atoms in total. The number of hydrogen-bond acceptors (Lipinski definition) is 3. The molecule has 1 amide bonds. The van der Waals surface area contributed by atoms with Gasteiger partial charge in [0.2, 0.25) is 5.91 Å². The molecule has 0 saturated carbocycles. The molecule has 1 aromatic rings. The second-order valence-corrected chi connectivity index (χ2v) is 4.74. The van der Waals surface area contributed by atoms with Crippen LogP contribution in [0.4, 0.5) is 24.5 Å². The number of anilines is 2. The lowest BCUT2D eigenvalue weighted by atomic mass is 9.96. The van der Waals surface area contributed by atoms with E-state index in [4.69, 9.17) is 11.5 Å². The van der Waals surface area contributed by atoms with Crippen LogP contribution in [-0.2, 0) is 4.79 Å². The van der Waals surface area contributed by atoms with Gasteiger partial charge in [-0.3, -0.25) is 4.79 Å². The summed E-state index contributed by atoms with van der Waals surface area (Å²) in [4.78, 5) is 12.9. The summed E-state index contributed by atoms with van der Waals surface area (Å²) in [6, 6.07) is 2.74. The van der Waals surface area contributed by atoms with Crippen LogP contribution in [0.15, 0.2) is 12.1 Å². The van der Waals surface area contributed by atoms with Gasteiger partial charge in [-0.2, -0.15) is 0 Å². The molecule has 1 fully saturated rings. The van der Waals surface area contributed by atoms with E-state index in [0.717, 1.165) is 4.90 Å². The van der Waals surface area contributed by atoms with Crippen LogP contribution in [0.1, 0.15) is 18.4 Å². The van der Waals surface area contributed by atoms with E-state index in [1.807, 2.05) is 0 Å². The Bertz CT molecular complexity index is 525. The van der Waals surface area contributed by atoms with Gasteiger partial charge < -0.3 is 16.4 Å². The van der Waals surface area contributed by atoms with E-state index in [2.05, 4.69) is 0 Å². The van der Waals surface area contributed by atoms with Crippen LogP contribution in [-0.4, -0.2) is 29.8 Å². The predicted molar refractivity (Wildman–Crippen MR) is 65.2 cm³/mol. The molecule has 0 aliphatic carbocycles. The van der Waals surface area contributed by atoms with E-state index in [1.54, 1.807) is 0 Å². The van der Waals surface area contributed by atoms with Crippen LogP contribution in [0.3, 0.4) is 0 Å². The second kappa shape index (κ2) is 4.32. The number of hydrogen-bond donors (Lipinski definition) is 2. The van der Waals surface area contributed by atoms with Gasteiger partial charge in [0.1, 0.15) is 0 Å². The summed E-state index contributed by atoms with van der Waals surface area (Å²) in [7, 11) is 0. The molecule has 1 unspecified atom stereocenters. The number of halogens is 3. The average Bonchev–Trinajstić information content (AvgIpc) is 2.31. The van der Waals surface area contributed by atoms with E-state index in [1.165, 1.54) is 19.1 Å². The highest BCUT2D eigenvalue weighted by Crippen LogP contribution is 2.32. The molecule has 0 spiro atoms. The van der Waals surface area contributed by atoms with E-state index in [9.17, 15) is 18.0 Å². The number of rotatable bonds is 2. The number of benzene rings is 1. The third-order valence-electron chi connectivity index (χ3n) is 3.24. The molecule has 7 heteroatoms. The third kappa shape index (κ3) is 2.32. The fourth-order valence-corrected chi connectivity index (χ4v) is 2.03. The minimum Gasteiger partial charge on any atom is -0.397 e. The Balaban J connectivity index is 2.19. The lowest BCUT2D eigenvalue weighted by Gasteiger charge is -2.40. The Morgan fingerprint density at radius 1 is 1.37 bits per heavy atom. The fourth-order valence-electron chi connectivity index (χ4n) is 2.03. The summed E-state index contributed by atoms with van der Waals surface area (Å²) in [5.41, 5.74) is 10.8. The smallest absolute Gasteiger partial charge is 0.282 e. The summed E-state index contributed by atoms with van der Waals surface area (Å²) in [6.45, 7) is 0.206. The first-order valence-corrected chi connectivity index (χ1v) is 5.73. The van der Waals surface area contributed by atoms with Gasteiger partial charge in [-0.25, -0.2) is 13.2 Å². The Labute approximate surface area is 108 Å². The maximum atomic E-state index is 13.9. The zero-order valence-electron chi connectivity index (χ0n) is 10.3. The van der Waals surface area contributed by atoms with Gasteiger partial charge >= 0.3 is 0 Å². The SMILES string of the molecule is CC(C(=O)N1CC(F)(F)C1)c1ccc(N)c(N)c1F. The van der Waals surface area contributed by atoms with Gasteiger partial charge in [-0.15, -0.1) is 0 Å². The lowest BCUT2D eigenvalue weighted by Crippen LogP contribution is -2.59. The maximum absolute atomic E-state index is 13.9. The quantitative estimate of drug-likeness (QED) is 0.803. The standard InChI is InChI=1S/C12H14F3N3O/c1-6(11(19)18-4-12(14,15)5-18)7-2-3-8(16)10(17)9(7)13/h2-3,6H,4-5,16-17H2,1H3.